The second-order valence-electron chi connectivity index (χ2n) is 10.5. The fourth-order valence-electron chi connectivity index (χ4n) is 5.49. The van der Waals surface area contributed by atoms with Crippen LogP contribution in [-0.2, 0) is 0 Å². The lowest BCUT2D eigenvalue weighted by Gasteiger charge is -2.24. The van der Waals surface area contributed by atoms with Crippen molar-refractivity contribution in [1.82, 2.24) is 30.1 Å². The Morgan fingerprint density at radius 2 is 1.93 bits per heavy atom. The number of nitrogens with zero attached hydrogens (tertiary/aromatic N) is 4. The lowest BCUT2D eigenvalue weighted by Crippen LogP contribution is -2.23. The third-order valence-corrected chi connectivity index (χ3v) is 7.68. The Kier molecular flexibility index (Phi) is 7.29. The normalized spacial score (nSPS) is 15.0. The number of hydrogen-bond donors (Lipinski definition) is 3. The highest BCUT2D eigenvalue weighted by atomic mass is 19.1. The smallest absolute Gasteiger partial charge is 0.159 e. The summed E-state index contributed by atoms with van der Waals surface area (Å²) in [6, 6.07) is 10.3. The molecule has 6 rings (SSSR count). The summed E-state index contributed by atoms with van der Waals surface area (Å²) < 4.78 is 14.0. The molecule has 7 nitrogen and oxygen atoms in total. The molecule has 0 amide bonds. The number of aromatic nitrogens is 6. The minimum absolute atomic E-state index is 0.324. The molecule has 1 aromatic carbocycles. The summed E-state index contributed by atoms with van der Waals surface area (Å²) in [7, 11) is 0. The van der Waals surface area contributed by atoms with E-state index in [1.807, 2.05) is 43.5 Å². The Morgan fingerprint density at radius 1 is 1.07 bits per heavy atom. The number of H-pyrrole nitrogens is 2. The Hall–Kier alpha value is -4.85. The van der Waals surface area contributed by atoms with E-state index in [9.17, 15) is 4.39 Å². The summed E-state index contributed by atoms with van der Waals surface area (Å²) in [4.78, 5) is 17.2. The Labute approximate surface area is 237 Å². The lowest BCUT2D eigenvalue weighted by atomic mass is 9.87. The van der Waals surface area contributed by atoms with E-state index in [2.05, 4.69) is 43.6 Å². The number of aromatic amines is 2. The number of fused-ring (bicyclic) bond motifs is 1. The molecule has 206 valence electrons. The average molecular weight is 546 g/mol. The van der Waals surface area contributed by atoms with Crippen LogP contribution in [0.15, 0.2) is 73.8 Å². The zero-order chi connectivity index (χ0) is 28.3. The van der Waals surface area contributed by atoms with Gasteiger partial charge >= 0.3 is 0 Å². The molecule has 41 heavy (non-hydrogen) atoms. The molecule has 5 aromatic rings. The van der Waals surface area contributed by atoms with Gasteiger partial charge in [-0.2, -0.15) is 5.10 Å². The highest BCUT2D eigenvalue weighted by molar-refractivity contribution is 5.92. The molecule has 3 N–H and O–H groups in total. The predicted molar refractivity (Wildman–Crippen MR) is 163 cm³/mol. The van der Waals surface area contributed by atoms with Gasteiger partial charge in [-0.15, -0.1) is 0 Å². The molecule has 0 bridgehead atoms. The van der Waals surface area contributed by atoms with Gasteiger partial charge in [0.25, 0.3) is 0 Å². The number of imidazole rings is 1. The summed E-state index contributed by atoms with van der Waals surface area (Å²) in [6.45, 7) is 10.6. The van der Waals surface area contributed by atoms with E-state index in [4.69, 9.17) is 4.98 Å². The van der Waals surface area contributed by atoms with Crippen LogP contribution in [0.3, 0.4) is 0 Å². The van der Waals surface area contributed by atoms with Gasteiger partial charge in [0.05, 0.1) is 28.4 Å². The fourth-order valence-corrected chi connectivity index (χ4v) is 5.49. The van der Waals surface area contributed by atoms with Crippen LogP contribution in [0.2, 0.25) is 0 Å². The molecule has 1 aliphatic carbocycles. The molecule has 8 heteroatoms. The molecule has 1 saturated carbocycles. The van der Waals surface area contributed by atoms with E-state index in [-0.39, 0.29) is 5.82 Å². The molecule has 0 radical (unpaired) electrons. The van der Waals surface area contributed by atoms with Gasteiger partial charge in [-0.3, -0.25) is 15.1 Å². The number of anilines is 1. The molecule has 4 aromatic heterocycles. The Balaban J connectivity index is 1.34. The maximum Gasteiger partial charge on any atom is 0.159 e. The van der Waals surface area contributed by atoms with Crippen LogP contribution >= 0.6 is 0 Å². The van der Waals surface area contributed by atoms with Crippen LogP contribution in [0.1, 0.15) is 44.6 Å². The monoisotopic (exact) mass is 545 g/mol. The first-order valence-electron chi connectivity index (χ1n) is 13.9. The van der Waals surface area contributed by atoms with Crippen molar-refractivity contribution in [2.45, 2.75) is 39.0 Å². The van der Waals surface area contributed by atoms with Gasteiger partial charge in [-0.25, -0.2) is 9.37 Å². The van der Waals surface area contributed by atoms with Crippen molar-refractivity contribution >= 4 is 34.4 Å². The number of nitrogens with one attached hydrogen (secondary N) is 3. The maximum absolute atomic E-state index is 14.0. The highest BCUT2D eigenvalue weighted by Gasteiger charge is 2.17. The number of pyridine rings is 2. The summed E-state index contributed by atoms with van der Waals surface area (Å²) in [5.41, 5.74) is 6.96. The molecule has 0 saturated heterocycles. The van der Waals surface area contributed by atoms with E-state index in [0.29, 0.717) is 34.2 Å². The van der Waals surface area contributed by atoms with E-state index in [0.717, 1.165) is 38.6 Å². The summed E-state index contributed by atoms with van der Waals surface area (Å²) in [6.07, 6.45) is 15.4. The van der Waals surface area contributed by atoms with E-state index in [1.54, 1.807) is 18.5 Å². The topological polar surface area (TPSA) is 95.2 Å². The van der Waals surface area contributed by atoms with Crippen molar-refractivity contribution in [3.05, 3.63) is 95.8 Å². The molecule has 0 unspecified atom stereocenters. The number of allylic oxidation sites excluding steroid dienone is 2. The largest absolute Gasteiger partial charge is 0.358 e. The summed E-state index contributed by atoms with van der Waals surface area (Å²) in [5.74, 6) is 0.750. The van der Waals surface area contributed by atoms with Crippen LogP contribution < -0.4 is 15.9 Å². The van der Waals surface area contributed by atoms with Gasteiger partial charge in [-0.1, -0.05) is 50.6 Å². The molecule has 4 heterocycles. The SMILES string of the molecule is C=C(/C=c1/c(-c2nc3c(-c4cccc(F)c4)nccc3[nH]2)n[nH]/c1=C/C)c1cncc(NC(=C)C2CCCCC2)c1. The quantitative estimate of drug-likeness (QED) is 0.222. The minimum atomic E-state index is -0.324. The Bertz CT molecular complexity index is 1880. The van der Waals surface area contributed by atoms with Crippen molar-refractivity contribution < 1.29 is 4.39 Å². The number of halogens is 1. The van der Waals surface area contributed by atoms with Crippen molar-refractivity contribution in [2.24, 2.45) is 5.92 Å². The minimum Gasteiger partial charge on any atom is -0.358 e. The molecule has 0 aliphatic heterocycles. The van der Waals surface area contributed by atoms with Gasteiger partial charge in [-0.05, 0) is 61.6 Å². The second kappa shape index (κ2) is 11.3. The molecule has 1 fully saturated rings. The molecule has 1 aliphatic rings. The molecular formula is C33H32FN7. The summed E-state index contributed by atoms with van der Waals surface area (Å²) >= 11 is 0. The van der Waals surface area contributed by atoms with Gasteiger partial charge < -0.3 is 10.3 Å². The fraction of sp³-hybridized carbons (Fsp3) is 0.212. The van der Waals surface area contributed by atoms with E-state index >= 15 is 0 Å². The average Bonchev–Trinajstić information content (AvgIpc) is 3.61. The molecule has 0 atom stereocenters. The van der Waals surface area contributed by atoms with Crippen LogP contribution in [0.25, 0.3) is 51.5 Å². The van der Waals surface area contributed by atoms with Crippen LogP contribution in [0.5, 0.6) is 0 Å². The number of rotatable bonds is 7. The first-order chi connectivity index (χ1) is 20.0. The van der Waals surface area contributed by atoms with Crippen molar-refractivity contribution in [3.63, 3.8) is 0 Å². The van der Waals surface area contributed by atoms with Gasteiger partial charge in [0.15, 0.2) is 5.82 Å². The summed E-state index contributed by atoms with van der Waals surface area (Å²) in [5, 5.41) is 12.9. The Morgan fingerprint density at radius 3 is 2.73 bits per heavy atom. The first kappa shape index (κ1) is 26.4. The van der Waals surface area contributed by atoms with Crippen molar-refractivity contribution in [3.8, 4) is 22.8 Å². The third kappa shape index (κ3) is 5.45. The van der Waals surface area contributed by atoms with Crippen LogP contribution in [0, 0.1) is 11.7 Å². The van der Waals surface area contributed by atoms with Crippen molar-refractivity contribution in [1.29, 1.82) is 0 Å². The molecule has 0 spiro atoms. The van der Waals surface area contributed by atoms with Crippen LogP contribution in [0.4, 0.5) is 10.1 Å². The third-order valence-electron chi connectivity index (χ3n) is 7.68. The first-order valence-corrected chi connectivity index (χ1v) is 13.9. The number of benzene rings is 1. The van der Waals surface area contributed by atoms with Crippen LogP contribution in [-0.4, -0.2) is 30.1 Å². The van der Waals surface area contributed by atoms with E-state index in [1.165, 1.54) is 44.2 Å². The molecular weight excluding hydrogens is 513 g/mol. The zero-order valence-electron chi connectivity index (χ0n) is 23.0. The lowest BCUT2D eigenvalue weighted by molar-refractivity contribution is 0.405. The zero-order valence-corrected chi connectivity index (χ0v) is 23.0. The number of hydrogen-bond acceptors (Lipinski definition) is 5. The van der Waals surface area contributed by atoms with E-state index < -0.39 is 0 Å². The van der Waals surface area contributed by atoms with Gasteiger partial charge in [0, 0.05) is 34.4 Å². The second-order valence-corrected chi connectivity index (χ2v) is 10.5. The van der Waals surface area contributed by atoms with Gasteiger partial charge in [0.1, 0.15) is 17.0 Å². The van der Waals surface area contributed by atoms with Gasteiger partial charge in [0.2, 0.25) is 0 Å². The standard InChI is InChI=1S/C33H32FN7/c1-4-28-27(15-20(2)24-17-26(19-35-18-24)37-21(3)22-9-6-5-7-10-22)31(41-40-28)33-38-29-13-14-36-30(32(29)39-33)23-11-8-12-25(34)16-23/h4,8,11-19,22,37,40H,2-3,5-7,9-10H2,1H3,(H,38,39)/b27-15+,28-4+. The van der Waals surface area contributed by atoms with Crippen molar-refractivity contribution in [2.75, 3.05) is 5.32 Å². The maximum atomic E-state index is 14.0. The highest BCUT2D eigenvalue weighted by Crippen LogP contribution is 2.30. The predicted octanol–water partition coefficient (Wildman–Crippen LogP) is 6.35.